The summed E-state index contributed by atoms with van der Waals surface area (Å²) in [5, 5.41) is 6.02. The largest absolute Gasteiger partial charge is 0.378 e. The fourth-order valence-electron chi connectivity index (χ4n) is 3.10. The van der Waals surface area contributed by atoms with E-state index in [1.165, 1.54) is 0 Å². The highest BCUT2D eigenvalue weighted by Gasteiger charge is 2.29. The lowest BCUT2D eigenvalue weighted by Gasteiger charge is -2.27. The van der Waals surface area contributed by atoms with Crippen molar-refractivity contribution >= 4 is 17.5 Å². The SMILES string of the molecule is C[C@@H]1C[C@@H](C(=O)N[C@H](C)c2ccc(NC(=O)C3CC3)cc2)CCO1. The number of hydrogen-bond acceptors (Lipinski definition) is 3. The molecule has 2 fully saturated rings. The third-order valence-corrected chi connectivity index (χ3v) is 4.84. The minimum absolute atomic E-state index is 0.0355. The number of anilines is 1. The second-order valence-electron chi connectivity index (χ2n) is 7.02. The molecule has 1 aromatic rings. The van der Waals surface area contributed by atoms with E-state index in [9.17, 15) is 9.59 Å². The zero-order valence-corrected chi connectivity index (χ0v) is 14.4. The normalized spacial score (nSPS) is 24.9. The number of hydrogen-bond donors (Lipinski definition) is 2. The third-order valence-electron chi connectivity index (χ3n) is 4.84. The quantitative estimate of drug-likeness (QED) is 0.872. The number of carbonyl (C=O) groups is 2. The lowest BCUT2D eigenvalue weighted by molar-refractivity contribution is -0.130. The summed E-state index contributed by atoms with van der Waals surface area (Å²) < 4.78 is 5.50. The first-order valence-electron chi connectivity index (χ1n) is 8.85. The molecular formula is C19H26N2O3. The van der Waals surface area contributed by atoms with Gasteiger partial charge in [0, 0.05) is 24.1 Å². The highest BCUT2D eigenvalue weighted by Crippen LogP contribution is 2.30. The van der Waals surface area contributed by atoms with E-state index in [-0.39, 0.29) is 35.8 Å². The van der Waals surface area contributed by atoms with Crippen molar-refractivity contribution in [3.63, 3.8) is 0 Å². The number of carbonyl (C=O) groups excluding carboxylic acids is 2. The van der Waals surface area contributed by atoms with Crippen LogP contribution < -0.4 is 10.6 Å². The van der Waals surface area contributed by atoms with Gasteiger partial charge in [0.15, 0.2) is 0 Å². The number of amides is 2. The molecule has 1 saturated heterocycles. The average Bonchev–Trinajstić information content (AvgIpc) is 3.40. The lowest BCUT2D eigenvalue weighted by atomic mass is 9.94. The van der Waals surface area contributed by atoms with Crippen LogP contribution in [0.15, 0.2) is 24.3 Å². The van der Waals surface area contributed by atoms with Crippen molar-refractivity contribution in [2.45, 2.75) is 51.7 Å². The Morgan fingerprint density at radius 3 is 2.42 bits per heavy atom. The fraction of sp³-hybridized carbons (Fsp3) is 0.579. The molecule has 1 aliphatic heterocycles. The maximum atomic E-state index is 12.4. The van der Waals surface area contributed by atoms with Gasteiger partial charge >= 0.3 is 0 Å². The summed E-state index contributed by atoms with van der Waals surface area (Å²) >= 11 is 0. The van der Waals surface area contributed by atoms with Crippen molar-refractivity contribution in [3.05, 3.63) is 29.8 Å². The van der Waals surface area contributed by atoms with Gasteiger partial charge in [-0.3, -0.25) is 9.59 Å². The van der Waals surface area contributed by atoms with Gasteiger partial charge in [0.25, 0.3) is 0 Å². The first-order valence-corrected chi connectivity index (χ1v) is 8.85. The maximum Gasteiger partial charge on any atom is 0.227 e. The Morgan fingerprint density at radius 2 is 1.79 bits per heavy atom. The van der Waals surface area contributed by atoms with E-state index in [1.807, 2.05) is 38.1 Å². The van der Waals surface area contributed by atoms with Gasteiger partial charge in [0.05, 0.1) is 12.1 Å². The van der Waals surface area contributed by atoms with Crippen LogP contribution in [0.2, 0.25) is 0 Å². The van der Waals surface area contributed by atoms with Crippen molar-refractivity contribution < 1.29 is 14.3 Å². The molecule has 0 bridgehead atoms. The predicted molar refractivity (Wildman–Crippen MR) is 92.5 cm³/mol. The van der Waals surface area contributed by atoms with Gasteiger partial charge in [0.2, 0.25) is 11.8 Å². The fourth-order valence-corrected chi connectivity index (χ4v) is 3.10. The smallest absolute Gasteiger partial charge is 0.227 e. The van der Waals surface area contributed by atoms with Gasteiger partial charge in [-0.25, -0.2) is 0 Å². The Labute approximate surface area is 143 Å². The molecule has 2 N–H and O–H groups in total. The number of nitrogens with one attached hydrogen (secondary N) is 2. The molecule has 2 amide bonds. The Hall–Kier alpha value is -1.88. The van der Waals surface area contributed by atoms with Crippen LogP contribution in [0.4, 0.5) is 5.69 Å². The van der Waals surface area contributed by atoms with Crippen molar-refractivity contribution in [2.24, 2.45) is 11.8 Å². The molecule has 24 heavy (non-hydrogen) atoms. The van der Waals surface area contributed by atoms with Crippen molar-refractivity contribution in [2.75, 3.05) is 11.9 Å². The van der Waals surface area contributed by atoms with Crippen LogP contribution >= 0.6 is 0 Å². The van der Waals surface area contributed by atoms with Gasteiger partial charge < -0.3 is 15.4 Å². The maximum absolute atomic E-state index is 12.4. The number of ether oxygens (including phenoxy) is 1. The zero-order valence-electron chi connectivity index (χ0n) is 14.4. The summed E-state index contributed by atoms with van der Waals surface area (Å²) in [6.45, 7) is 4.65. The van der Waals surface area contributed by atoms with Crippen LogP contribution in [0.5, 0.6) is 0 Å². The summed E-state index contributed by atoms with van der Waals surface area (Å²) in [5.74, 6) is 0.444. The van der Waals surface area contributed by atoms with E-state index in [0.717, 1.165) is 36.9 Å². The van der Waals surface area contributed by atoms with E-state index in [2.05, 4.69) is 10.6 Å². The average molecular weight is 330 g/mol. The van der Waals surface area contributed by atoms with E-state index < -0.39 is 0 Å². The number of rotatable bonds is 5. The summed E-state index contributed by atoms with van der Waals surface area (Å²) in [6, 6.07) is 7.66. The molecule has 3 rings (SSSR count). The molecule has 130 valence electrons. The highest BCUT2D eigenvalue weighted by atomic mass is 16.5. The number of benzene rings is 1. The van der Waals surface area contributed by atoms with Gasteiger partial charge in [-0.2, -0.15) is 0 Å². The van der Waals surface area contributed by atoms with E-state index in [1.54, 1.807) is 0 Å². The van der Waals surface area contributed by atoms with Crippen LogP contribution in [0.3, 0.4) is 0 Å². The molecule has 0 aromatic heterocycles. The lowest BCUT2D eigenvalue weighted by Crippen LogP contribution is -2.37. The monoisotopic (exact) mass is 330 g/mol. The van der Waals surface area contributed by atoms with Crippen molar-refractivity contribution in [1.29, 1.82) is 0 Å². The molecule has 0 radical (unpaired) electrons. The Morgan fingerprint density at radius 1 is 1.08 bits per heavy atom. The molecule has 0 spiro atoms. The predicted octanol–water partition coefficient (Wildman–Crippen LogP) is 3.03. The van der Waals surface area contributed by atoms with E-state index >= 15 is 0 Å². The molecule has 5 heteroatoms. The van der Waals surface area contributed by atoms with Gasteiger partial charge in [-0.15, -0.1) is 0 Å². The van der Waals surface area contributed by atoms with Gasteiger partial charge in [0.1, 0.15) is 0 Å². The summed E-state index contributed by atoms with van der Waals surface area (Å²) in [5.41, 5.74) is 1.85. The minimum Gasteiger partial charge on any atom is -0.378 e. The van der Waals surface area contributed by atoms with E-state index in [4.69, 9.17) is 4.74 Å². The molecule has 1 aromatic carbocycles. The topological polar surface area (TPSA) is 67.4 Å². The Kier molecular flexibility index (Phi) is 5.19. The standard InChI is InChI=1S/C19H26N2O3/c1-12-11-16(9-10-24-12)19(23)20-13(2)14-5-7-17(8-6-14)21-18(22)15-3-4-15/h5-8,12-13,15-16H,3-4,9-11H2,1-2H3,(H,20,23)(H,21,22)/t12-,13-,16+/m1/s1. The zero-order chi connectivity index (χ0) is 17.1. The van der Waals surface area contributed by atoms with Crippen LogP contribution in [-0.2, 0) is 14.3 Å². The van der Waals surface area contributed by atoms with E-state index in [0.29, 0.717) is 6.61 Å². The van der Waals surface area contributed by atoms with Crippen molar-refractivity contribution in [3.8, 4) is 0 Å². The van der Waals surface area contributed by atoms with Gasteiger partial charge in [-0.05, 0) is 57.2 Å². The second-order valence-corrected chi connectivity index (χ2v) is 7.02. The van der Waals surface area contributed by atoms with Crippen LogP contribution in [0, 0.1) is 11.8 Å². The second kappa shape index (κ2) is 7.34. The first kappa shape index (κ1) is 17.0. The van der Waals surface area contributed by atoms with Crippen LogP contribution in [0.1, 0.15) is 51.1 Å². The molecule has 3 atom stereocenters. The Balaban J connectivity index is 1.53. The highest BCUT2D eigenvalue weighted by molar-refractivity contribution is 5.94. The van der Waals surface area contributed by atoms with Gasteiger partial charge in [-0.1, -0.05) is 12.1 Å². The Bertz CT molecular complexity index is 595. The molecule has 0 unspecified atom stereocenters. The first-order chi connectivity index (χ1) is 11.5. The molecule has 5 nitrogen and oxygen atoms in total. The minimum atomic E-state index is -0.0520. The molecule has 1 aliphatic carbocycles. The molecule has 1 saturated carbocycles. The summed E-state index contributed by atoms with van der Waals surface area (Å²) in [4.78, 5) is 24.2. The molecule has 1 heterocycles. The third kappa shape index (κ3) is 4.35. The summed E-state index contributed by atoms with van der Waals surface area (Å²) in [7, 11) is 0. The van der Waals surface area contributed by atoms with Crippen LogP contribution in [0.25, 0.3) is 0 Å². The molecule has 2 aliphatic rings. The summed E-state index contributed by atoms with van der Waals surface area (Å²) in [6.07, 6.45) is 3.72. The van der Waals surface area contributed by atoms with Crippen LogP contribution in [-0.4, -0.2) is 24.5 Å². The van der Waals surface area contributed by atoms with Crippen molar-refractivity contribution in [1.82, 2.24) is 5.32 Å². The molecular weight excluding hydrogens is 304 g/mol.